The molecule has 6 nitrogen and oxygen atoms in total. The van der Waals surface area contributed by atoms with Gasteiger partial charge in [0.05, 0.1) is 0 Å². The molecule has 2 rings (SSSR count). The van der Waals surface area contributed by atoms with Crippen LogP contribution in [0.15, 0.2) is 54.1 Å². The second-order valence-corrected chi connectivity index (χ2v) is 6.19. The maximum Gasteiger partial charge on any atom is 0.262 e. The molecule has 2 amide bonds. The second kappa shape index (κ2) is 8.84. The van der Waals surface area contributed by atoms with Gasteiger partial charge in [0.2, 0.25) is 0 Å². The fraction of sp³-hybridized carbons (Fsp3) is 0.0556. The van der Waals surface area contributed by atoms with Crippen LogP contribution in [0.4, 0.5) is 5.69 Å². The van der Waals surface area contributed by atoms with Gasteiger partial charge in [-0.2, -0.15) is 5.26 Å². The summed E-state index contributed by atoms with van der Waals surface area (Å²) in [4.78, 5) is 22.9. The first-order valence-electron chi connectivity index (χ1n) is 7.18. The number of carbonyl (C=O) groups excluding carboxylic acids is 2. The highest BCUT2D eigenvalue weighted by molar-refractivity contribution is 14.1. The number of hydrogen-bond donors (Lipinski definition) is 2. The van der Waals surface area contributed by atoms with Crippen LogP contribution in [0.25, 0.3) is 6.08 Å². The molecule has 0 aromatic heterocycles. The van der Waals surface area contributed by atoms with Crippen LogP contribution in [-0.4, -0.2) is 18.4 Å². The molecule has 3 N–H and O–H groups in total. The predicted molar refractivity (Wildman–Crippen MR) is 103 cm³/mol. The van der Waals surface area contributed by atoms with Gasteiger partial charge in [0.15, 0.2) is 6.61 Å². The molecular formula is C18H14IN3O3. The minimum Gasteiger partial charge on any atom is -0.484 e. The Morgan fingerprint density at radius 1 is 1.16 bits per heavy atom. The van der Waals surface area contributed by atoms with Gasteiger partial charge in [-0.05, 0) is 70.6 Å². The SMILES string of the molecule is N#C/C(=C\c1ccc(OCC(=O)Nc2ccc(I)cc2)cc1)C(N)=O. The normalized spacial score (nSPS) is 10.6. The molecule has 2 aromatic rings. The summed E-state index contributed by atoms with van der Waals surface area (Å²) < 4.78 is 6.49. The van der Waals surface area contributed by atoms with Crippen molar-refractivity contribution >= 4 is 46.2 Å². The number of ether oxygens (including phenoxy) is 1. The summed E-state index contributed by atoms with van der Waals surface area (Å²) >= 11 is 2.19. The number of rotatable bonds is 6. The topological polar surface area (TPSA) is 105 Å². The maximum absolute atomic E-state index is 11.9. The van der Waals surface area contributed by atoms with Gasteiger partial charge in [0, 0.05) is 9.26 Å². The monoisotopic (exact) mass is 447 g/mol. The highest BCUT2D eigenvalue weighted by atomic mass is 127. The lowest BCUT2D eigenvalue weighted by atomic mass is 10.1. The number of halogens is 1. The fourth-order valence-electron chi connectivity index (χ4n) is 1.86. The van der Waals surface area contributed by atoms with Crippen molar-refractivity contribution in [3.63, 3.8) is 0 Å². The lowest BCUT2D eigenvalue weighted by molar-refractivity contribution is -0.118. The minimum absolute atomic E-state index is 0.133. The molecule has 0 aliphatic rings. The van der Waals surface area contributed by atoms with Crippen LogP contribution in [-0.2, 0) is 9.59 Å². The molecule has 0 spiro atoms. The molecule has 0 fully saturated rings. The van der Waals surface area contributed by atoms with E-state index < -0.39 is 5.91 Å². The van der Waals surface area contributed by atoms with Gasteiger partial charge in [0.1, 0.15) is 17.4 Å². The van der Waals surface area contributed by atoms with Crippen LogP contribution in [0, 0.1) is 14.9 Å². The van der Waals surface area contributed by atoms with Gasteiger partial charge < -0.3 is 15.8 Å². The van der Waals surface area contributed by atoms with Crippen molar-refractivity contribution in [3.05, 3.63) is 63.2 Å². The Balaban J connectivity index is 1.91. The van der Waals surface area contributed by atoms with E-state index in [0.717, 1.165) is 3.57 Å². The first kappa shape index (κ1) is 18.5. The summed E-state index contributed by atoms with van der Waals surface area (Å²) in [6.07, 6.45) is 1.38. The molecule has 0 saturated heterocycles. The molecule has 0 atom stereocenters. The van der Waals surface area contributed by atoms with Crippen LogP contribution in [0.5, 0.6) is 5.75 Å². The third-order valence-corrected chi connectivity index (χ3v) is 3.79. The van der Waals surface area contributed by atoms with E-state index in [2.05, 4.69) is 27.9 Å². The van der Waals surface area contributed by atoms with Crippen molar-refractivity contribution in [2.45, 2.75) is 0 Å². The van der Waals surface area contributed by atoms with Crippen molar-refractivity contribution in [1.29, 1.82) is 5.26 Å². The van der Waals surface area contributed by atoms with Gasteiger partial charge in [-0.15, -0.1) is 0 Å². The van der Waals surface area contributed by atoms with Crippen molar-refractivity contribution in [1.82, 2.24) is 0 Å². The summed E-state index contributed by atoms with van der Waals surface area (Å²) in [6, 6.07) is 15.7. The molecule has 126 valence electrons. The smallest absolute Gasteiger partial charge is 0.262 e. The zero-order valence-corrected chi connectivity index (χ0v) is 15.2. The number of anilines is 1. The van der Waals surface area contributed by atoms with E-state index in [1.54, 1.807) is 30.3 Å². The quantitative estimate of drug-likeness (QED) is 0.404. The molecule has 0 radical (unpaired) electrons. The van der Waals surface area contributed by atoms with E-state index in [9.17, 15) is 9.59 Å². The van der Waals surface area contributed by atoms with Gasteiger partial charge in [0.25, 0.3) is 11.8 Å². The van der Waals surface area contributed by atoms with Crippen molar-refractivity contribution in [2.75, 3.05) is 11.9 Å². The number of hydrogen-bond acceptors (Lipinski definition) is 4. The van der Waals surface area contributed by atoms with E-state index in [1.807, 2.05) is 24.3 Å². The Labute approximate surface area is 158 Å². The second-order valence-electron chi connectivity index (χ2n) is 4.95. The number of amides is 2. The van der Waals surface area contributed by atoms with Gasteiger partial charge in [-0.1, -0.05) is 12.1 Å². The fourth-order valence-corrected chi connectivity index (χ4v) is 2.22. The Kier molecular flexibility index (Phi) is 6.54. The predicted octanol–water partition coefficient (Wildman–Crippen LogP) is 2.70. The number of carbonyl (C=O) groups is 2. The van der Waals surface area contributed by atoms with Crippen molar-refractivity contribution in [3.8, 4) is 11.8 Å². The van der Waals surface area contributed by atoms with Crippen molar-refractivity contribution in [2.24, 2.45) is 5.73 Å². The van der Waals surface area contributed by atoms with Gasteiger partial charge in [-0.25, -0.2) is 0 Å². The highest BCUT2D eigenvalue weighted by Gasteiger charge is 2.05. The lowest BCUT2D eigenvalue weighted by Crippen LogP contribution is -2.20. The molecule has 0 unspecified atom stereocenters. The zero-order valence-electron chi connectivity index (χ0n) is 13.0. The largest absolute Gasteiger partial charge is 0.484 e. The first-order chi connectivity index (χ1) is 12.0. The summed E-state index contributed by atoms with van der Waals surface area (Å²) in [7, 11) is 0. The van der Waals surface area contributed by atoms with Gasteiger partial charge in [-0.3, -0.25) is 9.59 Å². The zero-order chi connectivity index (χ0) is 18.2. The number of primary amides is 1. The molecule has 0 heterocycles. The lowest BCUT2D eigenvalue weighted by Gasteiger charge is -2.08. The minimum atomic E-state index is -0.782. The molecule has 25 heavy (non-hydrogen) atoms. The molecule has 0 bridgehead atoms. The van der Waals surface area contributed by atoms with Crippen LogP contribution in [0.3, 0.4) is 0 Å². The molecule has 2 aromatic carbocycles. The Morgan fingerprint density at radius 2 is 1.80 bits per heavy atom. The molecule has 0 aliphatic heterocycles. The van der Waals surface area contributed by atoms with Crippen LogP contribution >= 0.6 is 22.6 Å². The number of nitrogens with zero attached hydrogens (tertiary/aromatic N) is 1. The maximum atomic E-state index is 11.9. The van der Waals surface area contributed by atoms with Gasteiger partial charge >= 0.3 is 0 Å². The number of nitrogens with two attached hydrogens (primary N) is 1. The average Bonchev–Trinajstić information content (AvgIpc) is 2.60. The number of benzene rings is 2. The van der Waals surface area contributed by atoms with Crippen molar-refractivity contribution < 1.29 is 14.3 Å². The molecule has 0 saturated carbocycles. The standard InChI is InChI=1S/C18H14IN3O3/c19-14-3-5-15(6-4-14)22-17(23)11-25-16-7-1-12(2-8-16)9-13(10-20)18(21)24/h1-9H,11H2,(H2,21,24)(H,22,23)/b13-9+. The third kappa shape index (κ3) is 5.93. The van der Waals surface area contributed by atoms with E-state index in [4.69, 9.17) is 15.7 Å². The summed E-state index contributed by atoms with van der Waals surface area (Å²) in [5.41, 5.74) is 6.27. The highest BCUT2D eigenvalue weighted by Crippen LogP contribution is 2.15. The third-order valence-electron chi connectivity index (χ3n) is 3.07. The van der Waals surface area contributed by atoms with Crippen LogP contribution in [0.2, 0.25) is 0 Å². The Hall–Kier alpha value is -2.86. The Morgan fingerprint density at radius 3 is 2.36 bits per heavy atom. The Bertz CT molecular complexity index is 837. The molecule has 0 aliphatic carbocycles. The van der Waals surface area contributed by atoms with E-state index in [-0.39, 0.29) is 18.1 Å². The van der Waals surface area contributed by atoms with E-state index >= 15 is 0 Å². The molecular weight excluding hydrogens is 433 g/mol. The van der Waals surface area contributed by atoms with E-state index in [1.165, 1.54) is 6.08 Å². The summed E-state index contributed by atoms with van der Waals surface area (Å²) in [5, 5.41) is 11.5. The van der Waals surface area contributed by atoms with E-state index in [0.29, 0.717) is 17.0 Å². The first-order valence-corrected chi connectivity index (χ1v) is 8.25. The average molecular weight is 447 g/mol. The molecule has 7 heteroatoms. The van der Waals surface area contributed by atoms with Crippen LogP contribution < -0.4 is 15.8 Å². The summed E-state index contributed by atoms with van der Waals surface area (Å²) in [5.74, 6) is -0.562. The van der Waals surface area contributed by atoms with Crippen LogP contribution in [0.1, 0.15) is 5.56 Å². The number of nitriles is 1. The number of nitrogens with one attached hydrogen (secondary N) is 1. The summed E-state index contributed by atoms with van der Waals surface area (Å²) in [6.45, 7) is -0.133.